The number of nitrogen functional groups attached to an aromatic ring is 2. The average Bonchev–Trinajstić information content (AvgIpc) is 2.79. The number of nitrogens with two attached hydrogens (primary N) is 2. The van der Waals surface area contributed by atoms with Gasteiger partial charge in [-0.1, -0.05) is 25.3 Å². The highest BCUT2D eigenvalue weighted by molar-refractivity contribution is 9.13. The summed E-state index contributed by atoms with van der Waals surface area (Å²) in [7, 11) is 0. The first-order valence-electron chi connectivity index (χ1n) is 7.16. The van der Waals surface area contributed by atoms with Crippen molar-refractivity contribution in [2.75, 3.05) is 11.6 Å². The Hall–Kier alpha value is -1.01. The van der Waals surface area contributed by atoms with E-state index in [1.807, 2.05) is 18.2 Å². The third kappa shape index (κ3) is 2.83. The first kappa shape index (κ1) is 14.9. The molecule has 1 fully saturated rings. The van der Waals surface area contributed by atoms with Crippen molar-refractivity contribution in [1.29, 1.82) is 0 Å². The van der Waals surface area contributed by atoms with Gasteiger partial charge >= 0.3 is 0 Å². The van der Waals surface area contributed by atoms with Gasteiger partial charge in [-0.05, 0) is 56.8 Å². The molecule has 0 unspecified atom stereocenters. The van der Waals surface area contributed by atoms with Crippen molar-refractivity contribution >= 4 is 37.7 Å². The topological polar surface area (TPSA) is 69.9 Å². The van der Waals surface area contributed by atoms with Gasteiger partial charge in [0.05, 0.1) is 0 Å². The number of rotatable bonds is 2. The molecule has 6 heteroatoms. The number of anilines is 1. The molecule has 1 aliphatic rings. The van der Waals surface area contributed by atoms with E-state index in [9.17, 15) is 0 Å². The van der Waals surface area contributed by atoms with Crippen LogP contribution in [0.5, 0.6) is 0 Å². The van der Waals surface area contributed by atoms with Crippen molar-refractivity contribution in [2.45, 2.75) is 38.0 Å². The van der Waals surface area contributed by atoms with E-state index in [1.165, 1.54) is 19.3 Å². The first-order chi connectivity index (χ1) is 10.1. The second kappa shape index (κ2) is 6.01. The molecule has 1 aliphatic carbocycles. The fraction of sp³-hybridized carbons (Fsp3) is 0.400. The maximum Gasteiger partial charge on any atom is 0.150 e. The molecule has 1 saturated carbocycles. The van der Waals surface area contributed by atoms with Crippen LogP contribution in [-0.4, -0.2) is 9.66 Å². The normalized spacial score (nSPS) is 16.3. The lowest BCUT2D eigenvalue weighted by Gasteiger charge is -2.20. The van der Waals surface area contributed by atoms with Crippen LogP contribution in [-0.2, 0) is 0 Å². The lowest BCUT2D eigenvalue weighted by atomic mass is 9.89. The van der Waals surface area contributed by atoms with E-state index in [0.717, 1.165) is 38.9 Å². The van der Waals surface area contributed by atoms with Crippen LogP contribution in [0.15, 0.2) is 27.1 Å². The third-order valence-electron chi connectivity index (χ3n) is 4.14. The van der Waals surface area contributed by atoms with Crippen LogP contribution in [0, 0.1) is 0 Å². The molecule has 0 aliphatic heterocycles. The number of halogens is 2. The van der Waals surface area contributed by atoms with E-state index in [-0.39, 0.29) is 0 Å². The Bertz CT molecular complexity index is 660. The molecule has 2 aromatic rings. The number of benzene rings is 1. The Balaban J connectivity index is 2.01. The van der Waals surface area contributed by atoms with Crippen molar-refractivity contribution in [1.82, 2.24) is 9.66 Å². The van der Waals surface area contributed by atoms with E-state index >= 15 is 0 Å². The summed E-state index contributed by atoms with van der Waals surface area (Å²) in [6.45, 7) is 0. The highest BCUT2D eigenvalue weighted by Gasteiger charge is 2.24. The summed E-state index contributed by atoms with van der Waals surface area (Å²) in [6.07, 6.45) is 6.10. The molecule has 4 nitrogen and oxygen atoms in total. The summed E-state index contributed by atoms with van der Waals surface area (Å²) in [5, 5.41) is 0. The Labute approximate surface area is 141 Å². The van der Waals surface area contributed by atoms with Crippen LogP contribution >= 0.6 is 31.9 Å². The Kier molecular flexibility index (Phi) is 4.26. The fourth-order valence-corrected chi connectivity index (χ4v) is 3.59. The molecular formula is C15H18Br2N4. The molecule has 1 aromatic carbocycles. The minimum Gasteiger partial charge on any atom is -0.382 e. The predicted molar refractivity (Wildman–Crippen MR) is 93.5 cm³/mol. The maximum absolute atomic E-state index is 6.18. The van der Waals surface area contributed by atoms with Gasteiger partial charge < -0.3 is 11.6 Å². The zero-order valence-corrected chi connectivity index (χ0v) is 14.8. The van der Waals surface area contributed by atoms with Crippen molar-refractivity contribution in [3.05, 3.63) is 33.0 Å². The molecule has 0 spiro atoms. The van der Waals surface area contributed by atoms with Crippen LogP contribution in [0.1, 0.15) is 43.8 Å². The standard InChI is InChI=1S/C15H18Br2N4/c16-11-7-6-10(8-12(11)17)13-14(18)21(19)15(20-13)9-4-2-1-3-5-9/h6-9H,1-5,18-19H2. The summed E-state index contributed by atoms with van der Waals surface area (Å²) < 4.78 is 3.55. The van der Waals surface area contributed by atoms with Crippen LogP contribution in [0.4, 0.5) is 5.82 Å². The highest BCUT2D eigenvalue weighted by Crippen LogP contribution is 2.36. The monoisotopic (exact) mass is 412 g/mol. The average molecular weight is 414 g/mol. The molecule has 0 saturated heterocycles. The van der Waals surface area contributed by atoms with E-state index in [2.05, 4.69) is 31.9 Å². The number of aromatic nitrogens is 2. The SMILES string of the molecule is Nc1c(-c2ccc(Br)c(Br)c2)nc(C2CCCCC2)n1N. The predicted octanol–water partition coefficient (Wildman–Crippen LogP) is 4.42. The number of imidazole rings is 1. The van der Waals surface area contributed by atoms with Crippen molar-refractivity contribution < 1.29 is 0 Å². The zero-order valence-electron chi connectivity index (χ0n) is 11.6. The van der Waals surface area contributed by atoms with Crippen molar-refractivity contribution in [3.63, 3.8) is 0 Å². The highest BCUT2D eigenvalue weighted by atomic mass is 79.9. The number of hydrogen-bond donors (Lipinski definition) is 2. The van der Waals surface area contributed by atoms with E-state index in [4.69, 9.17) is 16.6 Å². The van der Waals surface area contributed by atoms with E-state index in [1.54, 1.807) is 4.68 Å². The van der Waals surface area contributed by atoms with Gasteiger partial charge in [0.2, 0.25) is 0 Å². The Morgan fingerprint density at radius 3 is 2.48 bits per heavy atom. The number of nitrogens with zero attached hydrogens (tertiary/aromatic N) is 2. The second-order valence-corrected chi connectivity index (χ2v) is 7.25. The van der Waals surface area contributed by atoms with Crippen LogP contribution in [0.25, 0.3) is 11.3 Å². The molecule has 0 amide bonds. The second-order valence-electron chi connectivity index (χ2n) is 5.54. The van der Waals surface area contributed by atoms with Crippen LogP contribution in [0.2, 0.25) is 0 Å². The Morgan fingerprint density at radius 2 is 1.81 bits per heavy atom. The minimum atomic E-state index is 0.429. The molecule has 4 N–H and O–H groups in total. The molecular weight excluding hydrogens is 396 g/mol. The number of hydrogen-bond acceptors (Lipinski definition) is 3. The molecule has 0 bridgehead atoms. The smallest absolute Gasteiger partial charge is 0.150 e. The maximum atomic E-state index is 6.18. The van der Waals surface area contributed by atoms with Crippen LogP contribution in [0.3, 0.4) is 0 Å². The molecule has 0 atom stereocenters. The molecule has 21 heavy (non-hydrogen) atoms. The van der Waals surface area contributed by atoms with Gasteiger partial charge in [0.25, 0.3) is 0 Å². The minimum absolute atomic E-state index is 0.429. The summed E-state index contributed by atoms with van der Waals surface area (Å²) in [4.78, 5) is 4.75. The van der Waals surface area contributed by atoms with Gasteiger partial charge in [-0.3, -0.25) is 0 Å². The zero-order chi connectivity index (χ0) is 15.0. The van der Waals surface area contributed by atoms with Crippen molar-refractivity contribution in [3.8, 4) is 11.3 Å². The van der Waals surface area contributed by atoms with E-state index in [0.29, 0.717) is 11.7 Å². The summed E-state index contributed by atoms with van der Waals surface area (Å²) in [5.41, 5.74) is 7.92. The van der Waals surface area contributed by atoms with Crippen molar-refractivity contribution in [2.24, 2.45) is 0 Å². The summed E-state index contributed by atoms with van der Waals surface area (Å²) in [5.74, 6) is 8.03. The lowest BCUT2D eigenvalue weighted by molar-refractivity contribution is 0.424. The van der Waals surface area contributed by atoms with Gasteiger partial charge in [0.1, 0.15) is 11.5 Å². The van der Waals surface area contributed by atoms with Gasteiger partial charge in [-0.15, -0.1) is 0 Å². The van der Waals surface area contributed by atoms with Gasteiger partial charge in [0, 0.05) is 20.4 Å². The van der Waals surface area contributed by atoms with Crippen LogP contribution < -0.4 is 11.6 Å². The molecule has 112 valence electrons. The van der Waals surface area contributed by atoms with Gasteiger partial charge in [0.15, 0.2) is 5.82 Å². The summed E-state index contributed by atoms with van der Waals surface area (Å²) in [6, 6.07) is 5.99. The molecule has 1 aromatic heterocycles. The van der Waals surface area contributed by atoms with Gasteiger partial charge in [-0.25, -0.2) is 9.66 Å². The fourth-order valence-electron chi connectivity index (χ4n) is 2.97. The first-order valence-corrected chi connectivity index (χ1v) is 8.75. The lowest BCUT2D eigenvalue weighted by Crippen LogP contribution is -2.19. The quantitative estimate of drug-likeness (QED) is 0.716. The molecule has 3 rings (SSSR count). The summed E-state index contributed by atoms with van der Waals surface area (Å²) >= 11 is 6.99. The van der Waals surface area contributed by atoms with E-state index < -0.39 is 0 Å². The van der Waals surface area contributed by atoms with Gasteiger partial charge in [-0.2, -0.15) is 0 Å². The third-order valence-corrected chi connectivity index (χ3v) is 6.02. The molecule has 0 radical (unpaired) electrons. The Morgan fingerprint density at radius 1 is 1.10 bits per heavy atom. The molecule has 1 heterocycles. The largest absolute Gasteiger partial charge is 0.382 e.